The Hall–Kier alpha value is -1.46. The normalized spacial score (nSPS) is 13.1. The van der Waals surface area contributed by atoms with Crippen molar-refractivity contribution in [2.75, 3.05) is 0 Å². The molecular weight excluding hydrogens is 374 g/mol. The molecule has 2 aromatic carbocycles. The molecule has 2 aromatic rings. The molecule has 112 valence electrons. The molecule has 8 heteroatoms. The van der Waals surface area contributed by atoms with Gasteiger partial charge in [-0.25, -0.2) is 0 Å². The number of carbonyl (C=O) groups excluding carboxylic acids is 2. The molecule has 0 aromatic heterocycles. The minimum atomic E-state index is -0.806. The Morgan fingerprint density at radius 3 is 1.95 bits per heavy atom. The summed E-state index contributed by atoms with van der Waals surface area (Å²) in [5, 5.41) is 18.9. The zero-order valence-corrected chi connectivity index (χ0v) is 13.4. The van der Waals surface area contributed by atoms with Crippen LogP contribution in [0.15, 0.2) is 12.1 Å². The molecule has 0 bridgehead atoms. The molecule has 22 heavy (non-hydrogen) atoms. The van der Waals surface area contributed by atoms with Gasteiger partial charge in [-0.1, -0.05) is 46.4 Å². The Morgan fingerprint density at radius 1 is 0.682 bits per heavy atom. The topological polar surface area (TPSA) is 74.6 Å². The van der Waals surface area contributed by atoms with E-state index in [4.69, 9.17) is 46.4 Å². The first-order chi connectivity index (χ1) is 10.3. The predicted octanol–water partition coefficient (Wildman–Crippen LogP) is 4.49. The Morgan fingerprint density at radius 2 is 1.32 bits per heavy atom. The van der Waals surface area contributed by atoms with Gasteiger partial charge >= 0.3 is 0 Å². The van der Waals surface area contributed by atoms with Crippen molar-refractivity contribution in [3.63, 3.8) is 0 Å². The third kappa shape index (κ3) is 1.85. The fourth-order valence-electron chi connectivity index (χ4n) is 2.32. The fraction of sp³-hybridized carbons (Fsp3) is 0. The van der Waals surface area contributed by atoms with E-state index in [-0.39, 0.29) is 31.8 Å². The Balaban J connectivity index is 2.47. The molecule has 1 aliphatic rings. The van der Waals surface area contributed by atoms with Crippen molar-refractivity contribution < 1.29 is 19.8 Å². The highest BCUT2D eigenvalue weighted by molar-refractivity contribution is 6.50. The van der Waals surface area contributed by atoms with Crippen molar-refractivity contribution in [3.05, 3.63) is 54.5 Å². The molecule has 0 atom stereocenters. The lowest BCUT2D eigenvalue weighted by Crippen LogP contribution is -2.22. The third-order valence-corrected chi connectivity index (χ3v) is 5.00. The smallest absolute Gasteiger partial charge is 0.198 e. The average Bonchev–Trinajstić information content (AvgIpc) is 2.49. The molecule has 0 saturated carbocycles. The van der Waals surface area contributed by atoms with Crippen molar-refractivity contribution in [1.82, 2.24) is 0 Å². The molecule has 0 heterocycles. The van der Waals surface area contributed by atoms with E-state index in [1.54, 1.807) is 0 Å². The van der Waals surface area contributed by atoms with E-state index >= 15 is 0 Å². The SMILES string of the molecule is O=C1c2ccc(Cl)c(Cl)c2C(=O)c2c(Cl)c(Cl)c(O)c(O)c21. The van der Waals surface area contributed by atoms with Crippen molar-refractivity contribution in [2.24, 2.45) is 0 Å². The number of halogens is 4. The molecule has 3 rings (SSSR count). The minimum absolute atomic E-state index is 0.0417. The number of hydrogen-bond acceptors (Lipinski definition) is 4. The second-order valence-electron chi connectivity index (χ2n) is 4.52. The number of phenols is 2. The summed E-state index contributed by atoms with van der Waals surface area (Å²) in [6.07, 6.45) is 0. The first kappa shape index (κ1) is 15.4. The van der Waals surface area contributed by atoms with Gasteiger partial charge in [-0.05, 0) is 12.1 Å². The van der Waals surface area contributed by atoms with Crippen LogP contribution in [-0.2, 0) is 0 Å². The van der Waals surface area contributed by atoms with E-state index in [1.165, 1.54) is 12.1 Å². The van der Waals surface area contributed by atoms with Crippen LogP contribution < -0.4 is 0 Å². The number of fused-ring (bicyclic) bond motifs is 2. The Bertz CT molecular complexity index is 889. The van der Waals surface area contributed by atoms with E-state index in [0.29, 0.717) is 0 Å². The molecule has 1 aliphatic carbocycles. The molecule has 0 spiro atoms. The maximum atomic E-state index is 12.6. The van der Waals surface area contributed by atoms with Crippen molar-refractivity contribution in [1.29, 1.82) is 0 Å². The maximum Gasteiger partial charge on any atom is 0.198 e. The number of phenolic OH excluding ortho intramolecular Hbond substituents is 2. The summed E-state index contributed by atoms with van der Waals surface area (Å²) in [5.74, 6) is -3.00. The first-order valence-corrected chi connectivity index (χ1v) is 7.28. The number of benzene rings is 2. The van der Waals surface area contributed by atoms with Crippen LogP contribution in [0.25, 0.3) is 0 Å². The fourth-order valence-corrected chi connectivity index (χ4v) is 3.18. The molecule has 0 amide bonds. The van der Waals surface area contributed by atoms with Crippen LogP contribution >= 0.6 is 46.4 Å². The van der Waals surface area contributed by atoms with Gasteiger partial charge in [0, 0.05) is 5.56 Å². The third-order valence-electron chi connectivity index (χ3n) is 3.35. The highest BCUT2D eigenvalue weighted by atomic mass is 35.5. The van der Waals surface area contributed by atoms with E-state index in [0.717, 1.165) is 0 Å². The monoisotopic (exact) mass is 376 g/mol. The van der Waals surface area contributed by atoms with Crippen LogP contribution in [0.4, 0.5) is 0 Å². The maximum absolute atomic E-state index is 12.6. The average molecular weight is 378 g/mol. The second-order valence-corrected chi connectivity index (χ2v) is 6.06. The number of carbonyl (C=O) groups is 2. The van der Waals surface area contributed by atoms with E-state index in [9.17, 15) is 19.8 Å². The molecule has 0 fully saturated rings. The van der Waals surface area contributed by atoms with Crippen LogP contribution in [0.2, 0.25) is 20.1 Å². The molecule has 0 aliphatic heterocycles. The van der Waals surface area contributed by atoms with Crippen LogP contribution in [0.3, 0.4) is 0 Å². The lowest BCUT2D eigenvalue weighted by atomic mass is 9.83. The van der Waals surface area contributed by atoms with Crippen LogP contribution in [0.1, 0.15) is 31.8 Å². The summed E-state index contributed by atoms with van der Waals surface area (Å²) in [6, 6.07) is 2.67. The van der Waals surface area contributed by atoms with Gasteiger partial charge in [-0.15, -0.1) is 0 Å². The Kier molecular flexibility index (Phi) is 3.53. The summed E-state index contributed by atoms with van der Waals surface area (Å²) in [4.78, 5) is 25.2. The summed E-state index contributed by atoms with van der Waals surface area (Å²) < 4.78 is 0. The van der Waals surface area contributed by atoms with Gasteiger partial charge in [0.05, 0.1) is 31.8 Å². The number of rotatable bonds is 0. The zero-order chi connectivity index (χ0) is 16.3. The number of hydrogen-bond donors (Lipinski definition) is 2. The second kappa shape index (κ2) is 5.03. The molecule has 4 nitrogen and oxygen atoms in total. The molecular formula is C14H4Cl4O4. The van der Waals surface area contributed by atoms with Gasteiger partial charge in [0.15, 0.2) is 23.1 Å². The molecule has 0 radical (unpaired) electrons. The van der Waals surface area contributed by atoms with Crippen molar-refractivity contribution in [2.45, 2.75) is 0 Å². The van der Waals surface area contributed by atoms with Gasteiger partial charge in [0.1, 0.15) is 5.02 Å². The Labute approximate surface area is 143 Å². The largest absolute Gasteiger partial charge is 0.504 e. The summed E-state index contributed by atoms with van der Waals surface area (Å²) in [7, 11) is 0. The van der Waals surface area contributed by atoms with E-state index < -0.39 is 33.7 Å². The highest BCUT2D eigenvalue weighted by Crippen LogP contribution is 2.48. The van der Waals surface area contributed by atoms with E-state index in [2.05, 4.69) is 0 Å². The quantitative estimate of drug-likeness (QED) is 0.566. The van der Waals surface area contributed by atoms with Gasteiger partial charge in [-0.3, -0.25) is 9.59 Å². The van der Waals surface area contributed by atoms with Gasteiger partial charge < -0.3 is 10.2 Å². The molecule has 0 saturated heterocycles. The zero-order valence-electron chi connectivity index (χ0n) is 10.4. The van der Waals surface area contributed by atoms with Gasteiger partial charge in [0.25, 0.3) is 0 Å². The first-order valence-electron chi connectivity index (χ1n) is 5.77. The van der Waals surface area contributed by atoms with Crippen molar-refractivity contribution in [3.8, 4) is 11.5 Å². The van der Waals surface area contributed by atoms with E-state index in [1.807, 2.05) is 0 Å². The summed E-state index contributed by atoms with van der Waals surface area (Å²) in [6.45, 7) is 0. The van der Waals surface area contributed by atoms with Crippen molar-refractivity contribution >= 4 is 58.0 Å². The number of ketones is 2. The number of aromatic hydroxyl groups is 2. The highest BCUT2D eigenvalue weighted by Gasteiger charge is 2.38. The van der Waals surface area contributed by atoms with Crippen LogP contribution in [0.5, 0.6) is 11.5 Å². The lowest BCUT2D eigenvalue weighted by molar-refractivity contribution is 0.0976. The summed E-state index contributed by atoms with van der Waals surface area (Å²) in [5.41, 5.74) is -0.888. The minimum Gasteiger partial charge on any atom is -0.504 e. The molecule has 0 unspecified atom stereocenters. The standard InChI is InChI=1S/C14H4Cl4O4/c15-4-2-1-3-5(8(4)16)12(20)6-7(11(3)19)13(21)14(22)10(18)9(6)17/h1-2,21-22H. The predicted molar refractivity (Wildman–Crippen MR) is 83.1 cm³/mol. The lowest BCUT2D eigenvalue weighted by Gasteiger charge is -2.21. The molecule has 2 N–H and O–H groups in total. The van der Waals surface area contributed by atoms with Gasteiger partial charge in [0.2, 0.25) is 0 Å². The van der Waals surface area contributed by atoms with Crippen LogP contribution in [-0.4, -0.2) is 21.8 Å². The summed E-state index contributed by atoms with van der Waals surface area (Å²) >= 11 is 23.6. The van der Waals surface area contributed by atoms with Gasteiger partial charge in [-0.2, -0.15) is 0 Å². The van der Waals surface area contributed by atoms with Crippen LogP contribution in [0, 0.1) is 0 Å².